The van der Waals surface area contributed by atoms with Crippen LogP contribution >= 0.6 is 0 Å². The van der Waals surface area contributed by atoms with Crippen molar-refractivity contribution in [1.82, 2.24) is 9.97 Å². The highest BCUT2D eigenvalue weighted by molar-refractivity contribution is 5.70. The molecule has 0 aromatic carbocycles. The summed E-state index contributed by atoms with van der Waals surface area (Å²) in [4.78, 5) is 19.3. The Morgan fingerprint density at radius 1 is 1.22 bits per heavy atom. The Hall–Kier alpha value is -1.85. The fourth-order valence-corrected chi connectivity index (χ4v) is 1.33. The van der Waals surface area contributed by atoms with Gasteiger partial charge in [0.05, 0.1) is 13.0 Å². The summed E-state index contributed by atoms with van der Waals surface area (Å²) in [6.45, 7) is 5.67. The molecule has 2 N–H and O–H groups in total. The maximum Gasteiger partial charge on any atom is 0.307 e. The van der Waals surface area contributed by atoms with E-state index in [9.17, 15) is 4.79 Å². The summed E-state index contributed by atoms with van der Waals surface area (Å²) in [6, 6.07) is 1.82. The van der Waals surface area contributed by atoms with Gasteiger partial charge in [0.15, 0.2) is 0 Å². The zero-order valence-corrected chi connectivity index (χ0v) is 10.9. The molecule has 6 nitrogen and oxygen atoms in total. The van der Waals surface area contributed by atoms with E-state index >= 15 is 0 Å². The molecule has 0 bridgehead atoms. The summed E-state index contributed by atoms with van der Waals surface area (Å²) >= 11 is 0. The van der Waals surface area contributed by atoms with Crippen molar-refractivity contribution in [1.29, 1.82) is 0 Å². The normalized spacial score (nSPS) is 9.89. The number of carbonyl (C=O) groups excluding carboxylic acids is 1. The Balaban J connectivity index is 2.35. The summed E-state index contributed by atoms with van der Waals surface area (Å²) in [5, 5.41) is 6.23. The fourth-order valence-electron chi connectivity index (χ4n) is 1.33. The van der Waals surface area contributed by atoms with Crippen LogP contribution in [0, 0.1) is 0 Å². The van der Waals surface area contributed by atoms with Gasteiger partial charge in [0.1, 0.15) is 18.0 Å². The zero-order chi connectivity index (χ0) is 13.2. The van der Waals surface area contributed by atoms with Crippen molar-refractivity contribution in [3.8, 4) is 0 Å². The molecule has 0 aliphatic carbocycles. The molecule has 1 rings (SSSR count). The van der Waals surface area contributed by atoms with E-state index in [1.165, 1.54) is 6.33 Å². The standard InChI is InChI=1S/C12H20N4O2/c1-3-6-13-10-8-11(16-9-15-10)14-7-5-12(17)18-4-2/h8-9H,3-7H2,1-2H3,(H2,13,14,15,16). The first kappa shape index (κ1) is 14.2. The number of hydrogen-bond acceptors (Lipinski definition) is 6. The average Bonchev–Trinajstić information content (AvgIpc) is 2.37. The topological polar surface area (TPSA) is 76.1 Å². The number of nitrogens with zero attached hydrogens (tertiary/aromatic N) is 2. The van der Waals surface area contributed by atoms with Crippen LogP contribution in [0.1, 0.15) is 26.7 Å². The molecule has 0 aliphatic rings. The van der Waals surface area contributed by atoms with Crippen LogP contribution in [-0.2, 0) is 9.53 Å². The van der Waals surface area contributed by atoms with Crippen LogP contribution in [0.3, 0.4) is 0 Å². The molecular weight excluding hydrogens is 232 g/mol. The molecule has 6 heteroatoms. The number of carbonyl (C=O) groups is 1. The van der Waals surface area contributed by atoms with Crippen LogP contribution in [0.15, 0.2) is 12.4 Å². The van der Waals surface area contributed by atoms with E-state index in [2.05, 4.69) is 27.5 Å². The van der Waals surface area contributed by atoms with Crippen LogP contribution in [0.4, 0.5) is 11.6 Å². The second-order valence-electron chi connectivity index (χ2n) is 3.70. The molecule has 0 saturated heterocycles. The number of nitrogens with one attached hydrogen (secondary N) is 2. The molecule has 18 heavy (non-hydrogen) atoms. The third-order valence-corrected chi connectivity index (χ3v) is 2.16. The van der Waals surface area contributed by atoms with Crippen molar-refractivity contribution < 1.29 is 9.53 Å². The Bertz CT molecular complexity index is 371. The molecular formula is C12H20N4O2. The second-order valence-corrected chi connectivity index (χ2v) is 3.70. The van der Waals surface area contributed by atoms with E-state index < -0.39 is 0 Å². The third kappa shape index (κ3) is 5.47. The van der Waals surface area contributed by atoms with Gasteiger partial charge in [0.2, 0.25) is 0 Å². The number of rotatable bonds is 8. The van der Waals surface area contributed by atoms with Gasteiger partial charge in [0.25, 0.3) is 0 Å². The van der Waals surface area contributed by atoms with Gasteiger partial charge >= 0.3 is 5.97 Å². The molecule has 0 spiro atoms. The first-order chi connectivity index (χ1) is 8.76. The molecule has 1 aromatic rings. The van der Waals surface area contributed by atoms with Gasteiger partial charge in [-0.1, -0.05) is 6.92 Å². The van der Waals surface area contributed by atoms with Crippen LogP contribution < -0.4 is 10.6 Å². The molecule has 0 radical (unpaired) electrons. The summed E-state index contributed by atoms with van der Waals surface area (Å²) in [7, 11) is 0. The smallest absolute Gasteiger partial charge is 0.307 e. The number of aromatic nitrogens is 2. The lowest BCUT2D eigenvalue weighted by Crippen LogP contribution is -2.12. The highest BCUT2D eigenvalue weighted by Gasteiger charge is 2.02. The zero-order valence-electron chi connectivity index (χ0n) is 10.9. The number of esters is 1. The lowest BCUT2D eigenvalue weighted by molar-refractivity contribution is -0.142. The number of ether oxygens (including phenoxy) is 1. The third-order valence-electron chi connectivity index (χ3n) is 2.16. The van der Waals surface area contributed by atoms with E-state index in [1.54, 1.807) is 6.92 Å². The van der Waals surface area contributed by atoms with E-state index in [0.717, 1.165) is 18.8 Å². The SMILES string of the molecule is CCCNc1cc(NCCC(=O)OCC)ncn1. The van der Waals surface area contributed by atoms with E-state index in [1.807, 2.05) is 6.07 Å². The molecule has 1 heterocycles. The van der Waals surface area contributed by atoms with Crippen LogP contribution in [0.5, 0.6) is 0 Å². The lowest BCUT2D eigenvalue weighted by Gasteiger charge is -2.07. The second kappa shape index (κ2) is 8.27. The highest BCUT2D eigenvalue weighted by atomic mass is 16.5. The lowest BCUT2D eigenvalue weighted by atomic mass is 10.4. The molecule has 0 unspecified atom stereocenters. The minimum Gasteiger partial charge on any atom is -0.466 e. The van der Waals surface area contributed by atoms with Gasteiger partial charge in [0, 0.05) is 19.2 Å². The van der Waals surface area contributed by atoms with Crippen molar-refractivity contribution in [2.75, 3.05) is 30.3 Å². The van der Waals surface area contributed by atoms with Crippen LogP contribution in [0.2, 0.25) is 0 Å². The van der Waals surface area contributed by atoms with Gasteiger partial charge in [-0.15, -0.1) is 0 Å². The first-order valence-electron chi connectivity index (χ1n) is 6.21. The first-order valence-corrected chi connectivity index (χ1v) is 6.21. The summed E-state index contributed by atoms with van der Waals surface area (Å²) < 4.78 is 4.83. The van der Waals surface area contributed by atoms with E-state index in [-0.39, 0.29) is 5.97 Å². The quantitative estimate of drug-likeness (QED) is 0.685. The maximum absolute atomic E-state index is 11.1. The van der Waals surface area contributed by atoms with Crippen molar-refractivity contribution in [2.24, 2.45) is 0 Å². The predicted octanol–water partition coefficient (Wildman–Crippen LogP) is 1.66. The van der Waals surface area contributed by atoms with Crippen molar-refractivity contribution in [3.63, 3.8) is 0 Å². The van der Waals surface area contributed by atoms with Gasteiger partial charge in [-0.3, -0.25) is 4.79 Å². The summed E-state index contributed by atoms with van der Waals surface area (Å²) in [5.74, 6) is 1.28. The van der Waals surface area contributed by atoms with Gasteiger partial charge in [-0.25, -0.2) is 9.97 Å². The number of anilines is 2. The largest absolute Gasteiger partial charge is 0.466 e. The van der Waals surface area contributed by atoms with Gasteiger partial charge in [-0.05, 0) is 13.3 Å². The highest BCUT2D eigenvalue weighted by Crippen LogP contribution is 2.08. The predicted molar refractivity (Wildman–Crippen MR) is 70.6 cm³/mol. The molecule has 0 atom stereocenters. The van der Waals surface area contributed by atoms with Crippen molar-refractivity contribution in [2.45, 2.75) is 26.7 Å². The van der Waals surface area contributed by atoms with Crippen molar-refractivity contribution in [3.05, 3.63) is 12.4 Å². The summed E-state index contributed by atoms with van der Waals surface area (Å²) in [6.07, 6.45) is 2.86. The van der Waals surface area contributed by atoms with Gasteiger partial charge in [-0.2, -0.15) is 0 Å². The maximum atomic E-state index is 11.1. The molecule has 100 valence electrons. The molecule has 0 saturated carbocycles. The van der Waals surface area contributed by atoms with E-state index in [0.29, 0.717) is 25.4 Å². The fraction of sp³-hybridized carbons (Fsp3) is 0.583. The molecule has 0 aliphatic heterocycles. The summed E-state index contributed by atoms with van der Waals surface area (Å²) in [5.41, 5.74) is 0. The van der Waals surface area contributed by atoms with Crippen LogP contribution in [-0.4, -0.2) is 35.6 Å². The molecule has 0 fully saturated rings. The van der Waals surface area contributed by atoms with Crippen molar-refractivity contribution >= 4 is 17.6 Å². The molecule has 1 aromatic heterocycles. The Kier molecular flexibility index (Phi) is 6.53. The number of hydrogen-bond donors (Lipinski definition) is 2. The monoisotopic (exact) mass is 252 g/mol. The Morgan fingerprint density at radius 3 is 2.50 bits per heavy atom. The van der Waals surface area contributed by atoms with Crippen LogP contribution in [0.25, 0.3) is 0 Å². The molecule has 0 amide bonds. The average molecular weight is 252 g/mol. The minimum absolute atomic E-state index is 0.205. The van der Waals surface area contributed by atoms with E-state index in [4.69, 9.17) is 4.74 Å². The van der Waals surface area contributed by atoms with Gasteiger partial charge < -0.3 is 15.4 Å². The Morgan fingerprint density at radius 2 is 1.89 bits per heavy atom. The minimum atomic E-state index is -0.205. The Labute approximate surface area is 107 Å².